The molecule has 0 amide bonds. The SMILES string of the molecule is F[B-](F)(F)/C=C/c1cnc2ccccc2c1.[K+]. The molecule has 0 N–H and O–H groups in total. The normalized spacial score (nSPS) is 11.7. The molecule has 82 valence electrons. The molecule has 2 rings (SSSR count). The molecule has 0 aliphatic heterocycles. The van der Waals surface area contributed by atoms with Crippen LogP contribution in [-0.4, -0.2) is 12.0 Å². The van der Waals surface area contributed by atoms with Gasteiger partial charge in [-0.15, -0.1) is 5.98 Å². The van der Waals surface area contributed by atoms with Crippen LogP contribution in [0.1, 0.15) is 5.56 Å². The predicted octanol–water partition coefficient (Wildman–Crippen LogP) is 0.639. The summed E-state index contributed by atoms with van der Waals surface area (Å²) >= 11 is 0. The summed E-state index contributed by atoms with van der Waals surface area (Å²) in [5, 5.41) is 0.833. The molecule has 1 heterocycles. The Hall–Kier alpha value is -0.139. The molecule has 1 aromatic heterocycles. The van der Waals surface area contributed by atoms with Crippen molar-refractivity contribution in [3.05, 3.63) is 48.1 Å². The summed E-state index contributed by atoms with van der Waals surface area (Å²) in [5.41, 5.74) is 1.23. The zero-order valence-corrected chi connectivity index (χ0v) is 12.4. The van der Waals surface area contributed by atoms with Gasteiger partial charge < -0.3 is 12.9 Å². The molecule has 0 aliphatic carbocycles. The van der Waals surface area contributed by atoms with Crippen LogP contribution in [0.2, 0.25) is 0 Å². The fourth-order valence-corrected chi connectivity index (χ4v) is 1.40. The number of pyridine rings is 1. The average molecular weight is 261 g/mol. The summed E-state index contributed by atoms with van der Waals surface area (Å²) in [6.45, 7) is -4.88. The maximum atomic E-state index is 12.0. The second kappa shape index (κ2) is 6.15. The van der Waals surface area contributed by atoms with E-state index in [0.717, 1.165) is 17.0 Å². The Bertz CT molecular complexity index is 539. The molecule has 0 radical (unpaired) electrons. The molecular formula is C11H8BF3KN. The minimum atomic E-state index is -4.88. The monoisotopic (exact) mass is 261 g/mol. The number of hydrogen-bond acceptors (Lipinski definition) is 1. The summed E-state index contributed by atoms with van der Waals surface area (Å²) in [5.74, 6) is 0.270. The topological polar surface area (TPSA) is 12.9 Å². The molecule has 0 aliphatic rings. The average Bonchev–Trinajstić information content (AvgIpc) is 2.25. The summed E-state index contributed by atoms with van der Waals surface area (Å²) < 4.78 is 36.0. The van der Waals surface area contributed by atoms with Gasteiger partial charge in [-0.2, -0.15) is 0 Å². The second-order valence-corrected chi connectivity index (χ2v) is 3.45. The predicted molar refractivity (Wildman–Crippen MR) is 59.9 cm³/mol. The summed E-state index contributed by atoms with van der Waals surface area (Å²) in [4.78, 5) is 4.07. The molecule has 0 fully saturated rings. The maximum absolute atomic E-state index is 12.0. The van der Waals surface area contributed by atoms with Gasteiger partial charge in [0.15, 0.2) is 0 Å². The molecule has 0 atom stereocenters. The van der Waals surface area contributed by atoms with Crippen molar-refractivity contribution in [2.24, 2.45) is 0 Å². The fraction of sp³-hybridized carbons (Fsp3) is 0. The zero-order valence-electron chi connectivity index (χ0n) is 9.28. The first-order chi connectivity index (χ1) is 7.54. The first-order valence-corrected chi connectivity index (χ1v) is 4.79. The van der Waals surface area contributed by atoms with Crippen LogP contribution < -0.4 is 51.4 Å². The van der Waals surface area contributed by atoms with Crippen LogP contribution in [0, 0.1) is 0 Å². The van der Waals surface area contributed by atoms with Gasteiger partial charge in [-0.05, 0) is 17.7 Å². The molecule has 17 heavy (non-hydrogen) atoms. The van der Waals surface area contributed by atoms with Gasteiger partial charge in [0.25, 0.3) is 0 Å². The second-order valence-electron chi connectivity index (χ2n) is 3.45. The van der Waals surface area contributed by atoms with Crippen LogP contribution in [0.4, 0.5) is 12.9 Å². The molecule has 0 unspecified atom stereocenters. The standard InChI is InChI=1S/C11H8BF3N.K/c13-12(14,15)6-5-9-7-10-3-1-2-4-11(10)16-8-9;/h1-8H;/q-1;+1/b6-5+;. The van der Waals surface area contributed by atoms with E-state index < -0.39 is 6.98 Å². The number of halogens is 3. The van der Waals surface area contributed by atoms with E-state index >= 15 is 0 Å². The smallest absolute Gasteiger partial charge is 0.445 e. The van der Waals surface area contributed by atoms with Crippen LogP contribution in [0.3, 0.4) is 0 Å². The van der Waals surface area contributed by atoms with Crippen LogP contribution in [0.25, 0.3) is 17.0 Å². The van der Waals surface area contributed by atoms with E-state index in [-0.39, 0.29) is 57.4 Å². The molecule has 6 heteroatoms. The molecular weight excluding hydrogens is 253 g/mol. The number of aromatic nitrogens is 1. The summed E-state index contributed by atoms with van der Waals surface area (Å²) in [6.07, 6.45) is 2.47. The van der Waals surface area contributed by atoms with Crippen LogP contribution in [-0.2, 0) is 0 Å². The Morgan fingerprint density at radius 3 is 2.53 bits per heavy atom. The van der Waals surface area contributed by atoms with Crippen molar-refractivity contribution in [2.45, 2.75) is 0 Å². The van der Waals surface area contributed by atoms with Gasteiger partial charge in [0.05, 0.1) is 5.52 Å². The number of nitrogens with zero attached hydrogens (tertiary/aromatic N) is 1. The minimum absolute atomic E-state index is 0. The van der Waals surface area contributed by atoms with Gasteiger partial charge in [0.1, 0.15) is 0 Å². The Morgan fingerprint density at radius 2 is 1.82 bits per heavy atom. The van der Waals surface area contributed by atoms with Gasteiger partial charge in [0, 0.05) is 11.6 Å². The molecule has 0 bridgehead atoms. The largest absolute Gasteiger partial charge is 1.00 e. The van der Waals surface area contributed by atoms with E-state index in [0.29, 0.717) is 5.56 Å². The molecule has 0 saturated carbocycles. The van der Waals surface area contributed by atoms with Crippen molar-refractivity contribution in [3.8, 4) is 0 Å². The molecule has 1 aromatic carbocycles. The Labute approximate surface area is 140 Å². The van der Waals surface area contributed by atoms with Gasteiger partial charge in [-0.25, -0.2) is 0 Å². The first-order valence-electron chi connectivity index (χ1n) is 4.79. The zero-order chi connectivity index (χ0) is 11.6. The van der Waals surface area contributed by atoms with Gasteiger partial charge >= 0.3 is 58.4 Å². The van der Waals surface area contributed by atoms with Crippen molar-refractivity contribution >= 4 is 24.0 Å². The van der Waals surface area contributed by atoms with E-state index in [4.69, 9.17) is 0 Å². The van der Waals surface area contributed by atoms with Crippen molar-refractivity contribution in [1.82, 2.24) is 4.98 Å². The van der Waals surface area contributed by atoms with E-state index in [9.17, 15) is 12.9 Å². The molecule has 2 aromatic rings. The van der Waals surface area contributed by atoms with E-state index in [2.05, 4.69) is 4.98 Å². The van der Waals surface area contributed by atoms with Crippen molar-refractivity contribution in [2.75, 3.05) is 0 Å². The first kappa shape index (κ1) is 14.9. The van der Waals surface area contributed by atoms with Gasteiger partial charge in [0.2, 0.25) is 0 Å². The van der Waals surface area contributed by atoms with E-state index in [1.54, 1.807) is 6.07 Å². The number of fused-ring (bicyclic) bond motifs is 1. The third-order valence-electron chi connectivity index (χ3n) is 2.12. The Morgan fingerprint density at radius 1 is 1.12 bits per heavy atom. The van der Waals surface area contributed by atoms with E-state index in [1.807, 2.05) is 24.3 Å². The van der Waals surface area contributed by atoms with E-state index in [1.165, 1.54) is 6.20 Å². The number of benzene rings is 1. The van der Waals surface area contributed by atoms with Crippen LogP contribution in [0.15, 0.2) is 42.5 Å². The van der Waals surface area contributed by atoms with Crippen molar-refractivity contribution < 1.29 is 64.3 Å². The summed E-state index contributed by atoms with van der Waals surface area (Å²) in [6, 6.07) is 8.98. The van der Waals surface area contributed by atoms with Gasteiger partial charge in [-0.3, -0.25) is 4.98 Å². The van der Waals surface area contributed by atoms with Crippen molar-refractivity contribution in [1.29, 1.82) is 0 Å². The number of hydrogen-bond donors (Lipinski definition) is 0. The Kier molecular flexibility index (Phi) is 5.40. The molecule has 1 nitrogen and oxygen atoms in total. The van der Waals surface area contributed by atoms with Crippen LogP contribution in [0.5, 0.6) is 0 Å². The van der Waals surface area contributed by atoms with Gasteiger partial charge in [-0.1, -0.05) is 24.3 Å². The number of para-hydroxylation sites is 1. The van der Waals surface area contributed by atoms with Crippen molar-refractivity contribution in [3.63, 3.8) is 0 Å². The number of rotatable bonds is 2. The third kappa shape index (κ3) is 4.56. The quantitative estimate of drug-likeness (QED) is 0.723. The maximum Gasteiger partial charge on any atom is 1.00 e. The Balaban J connectivity index is 0.00000144. The molecule has 0 spiro atoms. The molecule has 0 saturated heterocycles. The minimum Gasteiger partial charge on any atom is -0.445 e. The fourth-order valence-electron chi connectivity index (χ4n) is 1.40. The summed E-state index contributed by atoms with van der Waals surface area (Å²) in [7, 11) is 0. The van der Waals surface area contributed by atoms with Crippen LogP contribution >= 0.6 is 0 Å². The third-order valence-corrected chi connectivity index (χ3v) is 2.12.